The van der Waals surface area contributed by atoms with Crippen molar-refractivity contribution in [2.75, 3.05) is 19.7 Å². The molecule has 1 amide bonds. The zero-order valence-electron chi connectivity index (χ0n) is 18.1. The van der Waals surface area contributed by atoms with Crippen molar-refractivity contribution in [3.05, 3.63) is 69.6 Å². The van der Waals surface area contributed by atoms with E-state index in [1.165, 1.54) is 4.57 Å². The number of esters is 1. The fourth-order valence-corrected chi connectivity index (χ4v) is 4.28. The van der Waals surface area contributed by atoms with E-state index in [0.29, 0.717) is 40.4 Å². The molecule has 1 saturated heterocycles. The number of hydrogen-bond donors (Lipinski definition) is 0. The van der Waals surface area contributed by atoms with Crippen molar-refractivity contribution in [3.63, 3.8) is 0 Å². The summed E-state index contributed by atoms with van der Waals surface area (Å²) in [5.74, 6) is -0.334. The van der Waals surface area contributed by atoms with E-state index in [4.69, 9.17) is 16.3 Å². The van der Waals surface area contributed by atoms with Crippen LogP contribution in [0.1, 0.15) is 30.3 Å². The van der Waals surface area contributed by atoms with Crippen LogP contribution in [0.3, 0.4) is 0 Å². The molecule has 3 aromatic rings. The van der Waals surface area contributed by atoms with Gasteiger partial charge in [0.15, 0.2) is 6.61 Å². The minimum absolute atomic E-state index is 0.107. The molecule has 0 radical (unpaired) electrons. The van der Waals surface area contributed by atoms with Crippen molar-refractivity contribution in [3.8, 4) is 11.1 Å². The summed E-state index contributed by atoms with van der Waals surface area (Å²) in [4.78, 5) is 40.4. The van der Waals surface area contributed by atoms with Crippen LogP contribution in [0.2, 0.25) is 5.02 Å². The fourth-order valence-electron chi connectivity index (χ4n) is 4.16. The van der Waals surface area contributed by atoms with Crippen molar-refractivity contribution in [1.82, 2.24) is 9.47 Å². The summed E-state index contributed by atoms with van der Waals surface area (Å²) in [7, 11) is 1.54. The maximum Gasteiger partial charge on any atom is 0.356 e. The summed E-state index contributed by atoms with van der Waals surface area (Å²) in [6.45, 7) is 3.15. The minimum Gasteiger partial charge on any atom is -0.451 e. The van der Waals surface area contributed by atoms with Gasteiger partial charge in [0.1, 0.15) is 5.69 Å². The predicted molar refractivity (Wildman–Crippen MR) is 125 cm³/mol. The van der Waals surface area contributed by atoms with Gasteiger partial charge in [0.05, 0.1) is 0 Å². The first-order valence-corrected chi connectivity index (χ1v) is 11.1. The second-order valence-electron chi connectivity index (χ2n) is 8.28. The van der Waals surface area contributed by atoms with Gasteiger partial charge in [-0.05, 0) is 47.9 Å². The molecular formula is C25H25ClN2O4. The first-order valence-electron chi connectivity index (χ1n) is 10.7. The molecule has 0 saturated carbocycles. The number of nitrogens with zero attached hydrogens (tertiary/aromatic N) is 2. The van der Waals surface area contributed by atoms with Gasteiger partial charge in [-0.1, -0.05) is 48.9 Å². The maximum absolute atomic E-state index is 13.2. The summed E-state index contributed by atoms with van der Waals surface area (Å²) in [6.07, 6.45) is 1.89. The number of piperidine rings is 1. The molecule has 1 aliphatic heterocycles. The van der Waals surface area contributed by atoms with E-state index >= 15 is 0 Å². The second kappa shape index (κ2) is 9.17. The van der Waals surface area contributed by atoms with Crippen LogP contribution < -0.4 is 5.56 Å². The number of ether oxygens (including phenoxy) is 1. The number of pyridine rings is 1. The van der Waals surface area contributed by atoms with Crippen LogP contribution in [0.4, 0.5) is 0 Å². The van der Waals surface area contributed by atoms with Crippen molar-refractivity contribution >= 4 is 34.2 Å². The number of benzene rings is 2. The Morgan fingerprint density at radius 3 is 2.31 bits per heavy atom. The van der Waals surface area contributed by atoms with Gasteiger partial charge in [0, 0.05) is 36.1 Å². The van der Waals surface area contributed by atoms with Crippen LogP contribution in [0.25, 0.3) is 21.9 Å². The third-order valence-electron chi connectivity index (χ3n) is 6.09. The molecule has 2 aromatic carbocycles. The molecule has 0 N–H and O–H groups in total. The topological polar surface area (TPSA) is 68.6 Å². The number of rotatable bonds is 4. The molecule has 0 aliphatic carbocycles. The number of likely N-dealkylation sites (tertiary alicyclic amines) is 1. The molecule has 32 heavy (non-hydrogen) atoms. The van der Waals surface area contributed by atoms with E-state index in [9.17, 15) is 14.4 Å². The molecule has 0 spiro atoms. The Morgan fingerprint density at radius 1 is 1.03 bits per heavy atom. The summed E-state index contributed by atoms with van der Waals surface area (Å²) >= 11 is 6.05. The number of aromatic nitrogens is 1. The third kappa shape index (κ3) is 4.28. The molecule has 0 atom stereocenters. The standard InChI is InChI=1S/C25H25ClN2O4/c1-16-11-13-28(14-12-16)21(29)15-32-25(31)23-22(17-7-9-18(26)10-8-17)19-5-3-4-6-20(19)24(30)27(23)2/h3-10,16H,11-15H2,1-2H3. The summed E-state index contributed by atoms with van der Waals surface area (Å²) in [5, 5.41) is 1.70. The molecule has 1 aromatic heterocycles. The van der Waals surface area contributed by atoms with Crippen LogP contribution in [-0.2, 0) is 16.6 Å². The van der Waals surface area contributed by atoms with Gasteiger partial charge in [-0.15, -0.1) is 0 Å². The molecule has 4 rings (SSSR count). The van der Waals surface area contributed by atoms with Crippen LogP contribution >= 0.6 is 11.6 Å². The predicted octanol–water partition coefficient (Wildman–Crippen LogP) is 4.27. The smallest absolute Gasteiger partial charge is 0.356 e. The fraction of sp³-hybridized carbons (Fsp3) is 0.320. The lowest BCUT2D eigenvalue weighted by atomic mass is 9.97. The Morgan fingerprint density at radius 2 is 1.66 bits per heavy atom. The summed E-state index contributed by atoms with van der Waals surface area (Å²) in [6, 6.07) is 14.2. The first-order chi connectivity index (χ1) is 15.4. The number of carbonyl (C=O) groups excluding carboxylic acids is 2. The van der Waals surface area contributed by atoms with Crippen molar-refractivity contribution in [1.29, 1.82) is 0 Å². The van der Waals surface area contributed by atoms with E-state index in [1.54, 1.807) is 54.4 Å². The van der Waals surface area contributed by atoms with Crippen molar-refractivity contribution in [2.45, 2.75) is 19.8 Å². The largest absolute Gasteiger partial charge is 0.451 e. The van der Waals surface area contributed by atoms with Gasteiger partial charge in [-0.3, -0.25) is 9.59 Å². The minimum atomic E-state index is -0.709. The van der Waals surface area contributed by atoms with Gasteiger partial charge >= 0.3 is 5.97 Å². The number of fused-ring (bicyclic) bond motifs is 1. The average Bonchev–Trinajstić information content (AvgIpc) is 2.80. The van der Waals surface area contributed by atoms with Crippen LogP contribution in [0, 0.1) is 5.92 Å². The van der Waals surface area contributed by atoms with E-state index < -0.39 is 5.97 Å². The van der Waals surface area contributed by atoms with E-state index in [0.717, 1.165) is 18.4 Å². The maximum atomic E-state index is 13.2. The Bertz CT molecular complexity index is 1230. The Balaban J connectivity index is 1.71. The molecule has 1 aliphatic rings. The number of carbonyl (C=O) groups is 2. The van der Waals surface area contributed by atoms with Crippen LogP contribution in [0.5, 0.6) is 0 Å². The van der Waals surface area contributed by atoms with Gasteiger partial charge in [-0.2, -0.15) is 0 Å². The zero-order valence-corrected chi connectivity index (χ0v) is 18.9. The van der Waals surface area contributed by atoms with Crippen molar-refractivity contribution < 1.29 is 14.3 Å². The molecular weight excluding hydrogens is 428 g/mol. The molecule has 6 nitrogen and oxygen atoms in total. The molecule has 7 heteroatoms. The van der Waals surface area contributed by atoms with Crippen molar-refractivity contribution in [2.24, 2.45) is 13.0 Å². The number of halogens is 1. The number of amides is 1. The highest BCUT2D eigenvalue weighted by Gasteiger charge is 2.25. The van der Waals surface area contributed by atoms with E-state index in [2.05, 4.69) is 6.92 Å². The molecule has 0 unspecified atom stereocenters. The molecule has 1 fully saturated rings. The van der Waals surface area contributed by atoms with Gasteiger partial charge in [-0.25, -0.2) is 4.79 Å². The summed E-state index contributed by atoms with van der Waals surface area (Å²) in [5.41, 5.74) is 1.10. The SMILES string of the molecule is CC1CCN(C(=O)COC(=O)c2c(-c3ccc(Cl)cc3)c3ccccc3c(=O)n2C)CC1. The van der Waals surface area contributed by atoms with Gasteiger partial charge in [0.25, 0.3) is 11.5 Å². The lowest BCUT2D eigenvalue weighted by Gasteiger charge is -2.30. The molecule has 2 heterocycles. The average molecular weight is 453 g/mol. The number of hydrogen-bond acceptors (Lipinski definition) is 4. The highest BCUT2D eigenvalue weighted by molar-refractivity contribution is 6.30. The normalized spacial score (nSPS) is 14.5. The first kappa shape index (κ1) is 22.1. The highest BCUT2D eigenvalue weighted by Crippen LogP contribution is 2.31. The van der Waals surface area contributed by atoms with Crippen LogP contribution in [-0.4, -0.2) is 41.0 Å². The zero-order chi connectivity index (χ0) is 22.8. The third-order valence-corrected chi connectivity index (χ3v) is 6.34. The lowest BCUT2D eigenvalue weighted by Crippen LogP contribution is -2.40. The van der Waals surface area contributed by atoms with E-state index in [-0.39, 0.29) is 23.8 Å². The Labute approximate surface area is 191 Å². The monoisotopic (exact) mass is 452 g/mol. The molecule has 0 bridgehead atoms. The lowest BCUT2D eigenvalue weighted by molar-refractivity contribution is -0.135. The summed E-state index contributed by atoms with van der Waals surface area (Å²) < 4.78 is 6.72. The highest BCUT2D eigenvalue weighted by atomic mass is 35.5. The Hall–Kier alpha value is -3.12. The van der Waals surface area contributed by atoms with Gasteiger partial charge in [0.2, 0.25) is 0 Å². The Kier molecular flexibility index (Phi) is 6.33. The quantitative estimate of drug-likeness (QED) is 0.554. The van der Waals surface area contributed by atoms with Gasteiger partial charge < -0.3 is 14.2 Å². The van der Waals surface area contributed by atoms with Crippen LogP contribution in [0.15, 0.2) is 53.3 Å². The second-order valence-corrected chi connectivity index (χ2v) is 8.72. The van der Waals surface area contributed by atoms with E-state index in [1.807, 2.05) is 6.07 Å². The molecule has 166 valence electrons.